The van der Waals surface area contributed by atoms with Crippen molar-refractivity contribution in [2.45, 2.75) is 0 Å². The molecule has 96 valence electrons. The van der Waals surface area contributed by atoms with E-state index >= 15 is 0 Å². The van der Waals surface area contributed by atoms with Gasteiger partial charge in [-0.1, -0.05) is 16.8 Å². The molecule has 2 aromatic rings. The Balaban J connectivity index is 2.73. The summed E-state index contributed by atoms with van der Waals surface area (Å²) in [4.78, 5) is 0. The Kier molecular flexibility index (Phi) is 3.20. The fourth-order valence-corrected chi connectivity index (χ4v) is 2.00. The van der Waals surface area contributed by atoms with Crippen LogP contribution in [0.25, 0.3) is 11.1 Å². The number of rotatable bonds is 3. The SMILES string of the molecule is COc1cc(O)c(-c2cnoc2N)c(Cl)c1OC. The lowest BCUT2D eigenvalue weighted by molar-refractivity contribution is 0.352. The van der Waals surface area contributed by atoms with Gasteiger partial charge >= 0.3 is 0 Å². The van der Waals surface area contributed by atoms with Crippen molar-refractivity contribution in [1.29, 1.82) is 0 Å². The van der Waals surface area contributed by atoms with Crippen molar-refractivity contribution < 1.29 is 19.1 Å². The van der Waals surface area contributed by atoms with Crippen LogP contribution in [0.5, 0.6) is 17.2 Å². The van der Waals surface area contributed by atoms with E-state index in [0.29, 0.717) is 17.1 Å². The van der Waals surface area contributed by atoms with Crippen molar-refractivity contribution >= 4 is 17.5 Å². The second-order valence-corrected chi connectivity index (χ2v) is 3.80. The lowest BCUT2D eigenvalue weighted by Gasteiger charge is -2.13. The highest BCUT2D eigenvalue weighted by Crippen LogP contribution is 2.48. The predicted octanol–water partition coefficient (Wildman–Crippen LogP) is 2.30. The first-order valence-electron chi connectivity index (χ1n) is 4.94. The van der Waals surface area contributed by atoms with Gasteiger partial charge < -0.3 is 24.8 Å². The quantitative estimate of drug-likeness (QED) is 0.889. The summed E-state index contributed by atoms with van der Waals surface area (Å²) in [6.07, 6.45) is 1.36. The topological polar surface area (TPSA) is 90.7 Å². The second kappa shape index (κ2) is 4.66. The number of methoxy groups -OCH3 is 2. The molecule has 1 aromatic carbocycles. The molecule has 1 heterocycles. The van der Waals surface area contributed by atoms with E-state index in [-0.39, 0.29) is 22.2 Å². The van der Waals surface area contributed by atoms with Crippen molar-refractivity contribution in [1.82, 2.24) is 5.16 Å². The first-order chi connectivity index (χ1) is 8.60. The molecule has 0 saturated heterocycles. The number of phenols is 1. The van der Waals surface area contributed by atoms with E-state index in [2.05, 4.69) is 5.16 Å². The number of nitrogens with zero attached hydrogens (tertiary/aromatic N) is 1. The molecule has 1 aromatic heterocycles. The van der Waals surface area contributed by atoms with Crippen LogP contribution in [0, 0.1) is 0 Å². The Hall–Kier alpha value is -2.08. The van der Waals surface area contributed by atoms with Gasteiger partial charge in [-0.3, -0.25) is 0 Å². The Morgan fingerprint density at radius 1 is 1.39 bits per heavy atom. The summed E-state index contributed by atoms with van der Waals surface area (Å²) in [5.41, 5.74) is 6.27. The molecule has 0 aliphatic carbocycles. The number of ether oxygens (including phenoxy) is 2. The molecule has 6 nitrogen and oxygen atoms in total. The van der Waals surface area contributed by atoms with E-state index in [0.717, 1.165) is 0 Å². The first-order valence-corrected chi connectivity index (χ1v) is 5.31. The van der Waals surface area contributed by atoms with E-state index in [1.165, 1.54) is 26.5 Å². The standard InChI is InChI=1S/C11H11ClN2O4/c1-16-7-3-6(15)8(9(12)10(7)17-2)5-4-14-18-11(5)13/h3-4,15H,13H2,1-2H3. The van der Waals surface area contributed by atoms with Gasteiger partial charge in [0.25, 0.3) is 0 Å². The zero-order valence-corrected chi connectivity index (χ0v) is 10.5. The maximum Gasteiger partial charge on any atom is 0.230 e. The van der Waals surface area contributed by atoms with E-state index < -0.39 is 0 Å². The smallest absolute Gasteiger partial charge is 0.230 e. The molecule has 18 heavy (non-hydrogen) atoms. The normalized spacial score (nSPS) is 10.4. The largest absolute Gasteiger partial charge is 0.507 e. The van der Waals surface area contributed by atoms with Crippen molar-refractivity contribution in [2.75, 3.05) is 20.0 Å². The summed E-state index contributed by atoms with van der Waals surface area (Å²) >= 11 is 6.17. The number of hydrogen-bond acceptors (Lipinski definition) is 6. The van der Waals surface area contributed by atoms with Crippen LogP contribution in [0.3, 0.4) is 0 Å². The third kappa shape index (κ3) is 1.80. The number of aromatic hydroxyl groups is 1. The molecular weight excluding hydrogens is 260 g/mol. The lowest BCUT2D eigenvalue weighted by atomic mass is 10.1. The monoisotopic (exact) mass is 270 g/mol. The van der Waals surface area contributed by atoms with E-state index in [1.54, 1.807) is 0 Å². The third-order valence-electron chi connectivity index (χ3n) is 2.46. The minimum Gasteiger partial charge on any atom is -0.507 e. The van der Waals surface area contributed by atoms with Crippen LogP contribution >= 0.6 is 11.6 Å². The van der Waals surface area contributed by atoms with E-state index in [1.807, 2.05) is 0 Å². The summed E-state index contributed by atoms with van der Waals surface area (Å²) in [5.74, 6) is 0.568. The Morgan fingerprint density at radius 2 is 2.11 bits per heavy atom. The minimum atomic E-state index is -0.104. The number of nitrogens with two attached hydrogens (primary N) is 1. The predicted molar refractivity (Wildman–Crippen MR) is 66.1 cm³/mol. The lowest BCUT2D eigenvalue weighted by Crippen LogP contribution is -1.94. The van der Waals surface area contributed by atoms with Crippen LogP contribution < -0.4 is 15.2 Å². The molecule has 3 N–H and O–H groups in total. The molecular formula is C11H11ClN2O4. The minimum absolute atomic E-state index is 0.0550. The van der Waals surface area contributed by atoms with Crippen molar-refractivity contribution in [3.8, 4) is 28.4 Å². The zero-order chi connectivity index (χ0) is 13.3. The fourth-order valence-electron chi connectivity index (χ4n) is 1.63. The van der Waals surface area contributed by atoms with Crippen LogP contribution in [0.15, 0.2) is 16.8 Å². The summed E-state index contributed by atoms with van der Waals surface area (Å²) in [7, 11) is 2.89. The van der Waals surface area contributed by atoms with Gasteiger partial charge in [0, 0.05) is 6.07 Å². The van der Waals surface area contributed by atoms with E-state index in [4.69, 9.17) is 31.3 Å². The maximum atomic E-state index is 9.97. The van der Waals surface area contributed by atoms with Gasteiger partial charge in [-0.05, 0) is 0 Å². The van der Waals surface area contributed by atoms with Gasteiger partial charge in [0.15, 0.2) is 11.5 Å². The van der Waals surface area contributed by atoms with Crippen molar-refractivity contribution in [3.63, 3.8) is 0 Å². The first kappa shape index (κ1) is 12.4. The summed E-state index contributed by atoms with van der Waals surface area (Å²) < 4.78 is 14.9. The van der Waals surface area contributed by atoms with Gasteiger partial charge in [-0.25, -0.2) is 0 Å². The molecule has 0 radical (unpaired) electrons. The van der Waals surface area contributed by atoms with Crippen molar-refractivity contribution in [3.05, 3.63) is 17.3 Å². The summed E-state index contributed by atoms with van der Waals surface area (Å²) in [5, 5.41) is 13.7. The highest BCUT2D eigenvalue weighted by Gasteiger charge is 2.22. The molecule has 0 aliphatic rings. The van der Waals surface area contributed by atoms with Crippen molar-refractivity contribution in [2.24, 2.45) is 0 Å². The van der Waals surface area contributed by atoms with Gasteiger partial charge in [0.1, 0.15) is 5.75 Å². The molecule has 0 atom stereocenters. The molecule has 0 bridgehead atoms. The summed E-state index contributed by atoms with van der Waals surface area (Å²) in [6, 6.07) is 1.38. The van der Waals surface area contributed by atoms with Crippen LogP contribution in [0.1, 0.15) is 0 Å². The molecule has 0 unspecified atom stereocenters. The number of nitrogen functional groups attached to an aromatic ring is 1. The molecule has 0 fully saturated rings. The molecule has 0 saturated carbocycles. The van der Waals surface area contributed by atoms with Crippen LogP contribution in [-0.4, -0.2) is 24.5 Å². The number of aromatic nitrogens is 1. The van der Waals surface area contributed by atoms with E-state index in [9.17, 15) is 5.11 Å². The zero-order valence-electron chi connectivity index (χ0n) is 9.73. The van der Waals surface area contributed by atoms with Gasteiger partial charge in [-0.2, -0.15) is 0 Å². The Morgan fingerprint density at radius 3 is 2.61 bits per heavy atom. The second-order valence-electron chi connectivity index (χ2n) is 3.42. The Bertz CT molecular complexity index is 583. The molecule has 0 amide bonds. The number of hydrogen-bond donors (Lipinski definition) is 2. The molecule has 7 heteroatoms. The highest BCUT2D eigenvalue weighted by molar-refractivity contribution is 6.35. The number of benzene rings is 1. The maximum absolute atomic E-state index is 9.97. The molecule has 0 spiro atoms. The number of halogens is 1. The van der Waals surface area contributed by atoms with Gasteiger partial charge in [-0.15, -0.1) is 0 Å². The molecule has 0 aliphatic heterocycles. The average Bonchev–Trinajstić information content (AvgIpc) is 2.75. The number of anilines is 1. The molecule has 2 rings (SSSR count). The fraction of sp³-hybridized carbons (Fsp3) is 0.182. The van der Waals surface area contributed by atoms with Crippen LogP contribution in [0.2, 0.25) is 5.02 Å². The third-order valence-corrected chi connectivity index (χ3v) is 2.82. The van der Waals surface area contributed by atoms with Gasteiger partial charge in [0.2, 0.25) is 5.88 Å². The number of phenolic OH excluding ortho intramolecular Hbond substituents is 1. The Labute approximate surface area is 108 Å². The van der Waals surface area contributed by atoms with Gasteiger partial charge in [0.05, 0.1) is 36.6 Å². The summed E-state index contributed by atoms with van der Waals surface area (Å²) in [6.45, 7) is 0. The van der Waals surface area contributed by atoms with Crippen LogP contribution in [0.4, 0.5) is 5.88 Å². The average molecular weight is 271 g/mol. The highest BCUT2D eigenvalue weighted by atomic mass is 35.5. The van der Waals surface area contributed by atoms with Crippen LogP contribution in [-0.2, 0) is 0 Å².